The van der Waals surface area contributed by atoms with Gasteiger partial charge in [-0.2, -0.15) is 0 Å². The summed E-state index contributed by atoms with van der Waals surface area (Å²) in [4.78, 5) is 2.11. The Morgan fingerprint density at radius 3 is 1.33 bits per heavy atom. The van der Waals surface area contributed by atoms with Crippen LogP contribution in [0, 0.1) is 23.7 Å². The molecule has 21 heavy (non-hydrogen) atoms. The van der Waals surface area contributed by atoms with E-state index in [2.05, 4.69) is 65.6 Å². The van der Waals surface area contributed by atoms with Gasteiger partial charge in [0.15, 0.2) is 0 Å². The summed E-state index contributed by atoms with van der Waals surface area (Å²) in [5.74, 6) is 2.93. The molecule has 0 aromatic heterocycles. The molecule has 128 valence electrons. The normalized spacial score (nSPS) is 11.0. The van der Waals surface area contributed by atoms with Crippen molar-refractivity contribution in [3.05, 3.63) is 0 Å². The van der Waals surface area contributed by atoms with Gasteiger partial charge in [-0.25, -0.2) is 0 Å². The first-order chi connectivity index (χ1) is 9.56. The summed E-state index contributed by atoms with van der Waals surface area (Å²) in [6.07, 6.45) is 0. The Balaban J connectivity index is 0. The molecule has 0 aliphatic heterocycles. The summed E-state index contributed by atoms with van der Waals surface area (Å²) in [6, 6.07) is 0. The highest BCUT2D eigenvalue weighted by Gasteiger charge is 2.05. The summed E-state index contributed by atoms with van der Waals surface area (Å²) in [5.41, 5.74) is 0. The molecule has 0 aromatic carbocycles. The Kier molecular flexibility index (Phi) is 15.2. The Bertz CT molecular complexity index is 233. The van der Waals surface area contributed by atoms with Gasteiger partial charge in [-0.15, -0.1) is 0 Å². The second-order valence-electron chi connectivity index (χ2n) is 7.51. The molecule has 0 bridgehead atoms. The maximum absolute atomic E-state index is 4.99. The molecule has 0 unspecified atom stereocenters. The fourth-order valence-electron chi connectivity index (χ4n) is 1.87. The minimum Gasteiger partial charge on any atom is -0.411 e. The predicted molar refractivity (Wildman–Crippen MR) is 103 cm³/mol. The van der Waals surface area contributed by atoms with Crippen LogP contribution in [-0.4, -0.2) is 35.4 Å². The van der Waals surface area contributed by atoms with E-state index in [0.29, 0.717) is 16.2 Å². The molecule has 0 aromatic rings. The maximum atomic E-state index is 4.99. The third kappa shape index (κ3) is 20.1. The molecule has 0 atom stereocenters. The monoisotopic (exact) mass is 334 g/mol. The topological polar surface area (TPSA) is 19.9 Å². The highest BCUT2D eigenvalue weighted by molar-refractivity contribution is 8.00. The largest absolute Gasteiger partial charge is 0.411 e. The van der Waals surface area contributed by atoms with Crippen LogP contribution in [-0.2, 0) is 12.6 Å². The van der Waals surface area contributed by atoms with Crippen LogP contribution in [0.5, 0.6) is 0 Å². The number of hydrogen-bond acceptors (Lipinski definition) is 2. The van der Waals surface area contributed by atoms with Gasteiger partial charge in [0.1, 0.15) is 0 Å². The molecule has 0 aliphatic carbocycles. The van der Waals surface area contributed by atoms with Crippen LogP contribution in [0.2, 0.25) is 0 Å². The molecule has 2 N–H and O–H groups in total. The number of thiocarbonyl (C=S) groups is 1. The molecule has 0 rings (SSSR count). The van der Waals surface area contributed by atoms with Crippen LogP contribution >= 0.6 is 12.2 Å². The molecule has 2 nitrogen and oxygen atoms in total. The van der Waals surface area contributed by atoms with Gasteiger partial charge in [0.05, 0.1) is 13.1 Å². The van der Waals surface area contributed by atoms with Crippen molar-refractivity contribution in [2.75, 3.05) is 26.2 Å². The molecule has 0 amide bonds. The van der Waals surface area contributed by atoms with Crippen molar-refractivity contribution in [3.63, 3.8) is 0 Å². The van der Waals surface area contributed by atoms with E-state index in [4.69, 9.17) is 24.8 Å². The van der Waals surface area contributed by atoms with E-state index in [0.717, 1.165) is 24.9 Å². The van der Waals surface area contributed by atoms with Gasteiger partial charge < -0.3 is 35.1 Å². The fourth-order valence-corrected chi connectivity index (χ4v) is 2.17. The van der Waals surface area contributed by atoms with Crippen molar-refractivity contribution in [1.82, 2.24) is 4.90 Å². The quantitative estimate of drug-likeness (QED) is 0.543. The Labute approximate surface area is 144 Å². The van der Waals surface area contributed by atoms with Crippen LogP contribution in [0.3, 0.4) is 0 Å². The zero-order chi connectivity index (χ0) is 17.0. The Morgan fingerprint density at radius 2 is 1.14 bits per heavy atom. The molecular weight excluding hydrogens is 296 g/mol. The summed E-state index contributed by atoms with van der Waals surface area (Å²) in [5, 5.41) is 2.40. The van der Waals surface area contributed by atoms with Gasteiger partial charge in [0.2, 0.25) is 0 Å². The predicted octanol–water partition coefficient (Wildman–Crippen LogP) is 3.29. The van der Waals surface area contributed by atoms with Crippen molar-refractivity contribution in [1.29, 1.82) is 0 Å². The molecule has 4 heteroatoms. The molecule has 0 saturated heterocycles. The minimum absolute atomic E-state index is 0.609. The first kappa shape index (κ1) is 23.3. The van der Waals surface area contributed by atoms with Gasteiger partial charge >= 0.3 is 0 Å². The summed E-state index contributed by atoms with van der Waals surface area (Å²) >= 11 is 9.99. The van der Waals surface area contributed by atoms with E-state index in [-0.39, 0.29) is 0 Å². The lowest BCUT2D eigenvalue weighted by atomic mass is 10.1. The molecule has 0 radical (unpaired) electrons. The summed E-state index contributed by atoms with van der Waals surface area (Å²) < 4.78 is 0.609. The third-order valence-electron chi connectivity index (χ3n) is 2.71. The zero-order valence-electron chi connectivity index (χ0n) is 15.5. The fraction of sp³-hybridized carbons (Fsp3) is 0.941. The molecule has 0 saturated carbocycles. The highest BCUT2D eigenvalue weighted by Crippen LogP contribution is 2.04. The van der Waals surface area contributed by atoms with E-state index < -0.39 is 0 Å². The second-order valence-corrected chi connectivity index (χ2v) is 8.54. The summed E-state index contributed by atoms with van der Waals surface area (Å²) in [6.45, 7) is 22.3. The molecule has 0 heterocycles. The first-order valence-electron chi connectivity index (χ1n) is 8.33. The van der Waals surface area contributed by atoms with Gasteiger partial charge in [-0.05, 0) is 11.8 Å². The standard InChI is InChI=1S/C9H19NS2.C8H19N/c1-7(2)5-10(9(11)12)6-8(3)4;1-7(2)5-9-6-8(3)4/h7-8H,5-6H2,1-4H3,(H,11,12);7-9H,5-6H2,1-4H3. The minimum atomic E-state index is 0.609. The number of hydrogen-bond donors (Lipinski definition) is 1. The van der Waals surface area contributed by atoms with Gasteiger partial charge in [0, 0.05) is 24.9 Å². The average molecular weight is 335 g/mol. The lowest BCUT2D eigenvalue weighted by Crippen LogP contribution is -2.86. The second kappa shape index (κ2) is 13.7. The van der Waals surface area contributed by atoms with Crippen molar-refractivity contribution >= 4 is 29.2 Å². The maximum Gasteiger partial charge on any atom is 0.0778 e. The number of nitrogens with two attached hydrogens (primary N) is 1. The van der Waals surface area contributed by atoms with Crippen molar-refractivity contribution in [2.24, 2.45) is 23.7 Å². The van der Waals surface area contributed by atoms with E-state index in [1.54, 1.807) is 0 Å². The smallest absolute Gasteiger partial charge is 0.0778 e. The van der Waals surface area contributed by atoms with Crippen molar-refractivity contribution in [2.45, 2.75) is 55.4 Å². The van der Waals surface area contributed by atoms with Crippen LogP contribution < -0.4 is 5.32 Å². The number of quaternary nitrogens is 1. The van der Waals surface area contributed by atoms with E-state index in [1.165, 1.54) is 13.1 Å². The number of rotatable bonds is 8. The Hall–Kier alpha value is 0.0700. The third-order valence-corrected chi connectivity index (χ3v) is 3.22. The molecule has 0 spiro atoms. The highest BCUT2D eigenvalue weighted by atomic mass is 32.1. The van der Waals surface area contributed by atoms with Crippen LogP contribution in [0.4, 0.5) is 0 Å². The summed E-state index contributed by atoms with van der Waals surface area (Å²) in [7, 11) is 0. The molecule has 0 aliphatic rings. The van der Waals surface area contributed by atoms with Crippen molar-refractivity contribution in [3.8, 4) is 0 Å². The SMILES string of the molecule is CC(C)CN(CC(C)C)C(=S)[S-].CC(C)C[NH2+]CC(C)C. The molecule has 0 fully saturated rings. The lowest BCUT2D eigenvalue weighted by molar-refractivity contribution is -0.664. The zero-order valence-corrected chi connectivity index (χ0v) is 17.1. The van der Waals surface area contributed by atoms with Crippen LogP contribution in [0.1, 0.15) is 55.4 Å². The number of nitrogens with zero attached hydrogens (tertiary/aromatic N) is 1. The molecular formula is C17H38N2S2. The van der Waals surface area contributed by atoms with E-state index in [9.17, 15) is 0 Å². The lowest BCUT2D eigenvalue weighted by Gasteiger charge is -2.31. The van der Waals surface area contributed by atoms with Gasteiger partial charge in [-0.3, -0.25) is 0 Å². The first-order valence-corrected chi connectivity index (χ1v) is 9.15. The van der Waals surface area contributed by atoms with E-state index in [1.807, 2.05) is 0 Å². The van der Waals surface area contributed by atoms with Gasteiger partial charge in [-0.1, -0.05) is 59.7 Å². The Morgan fingerprint density at radius 1 is 0.810 bits per heavy atom. The average Bonchev–Trinajstić information content (AvgIpc) is 2.26. The van der Waals surface area contributed by atoms with E-state index >= 15 is 0 Å². The van der Waals surface area contributed by atoms with Crippen LogP contribution in [0.25, 0.3) is 0 Å². The van der Waals surface area contributed by atoms with Gasteiger partial charge in [0.25, 0.3) is 0 Å². The van der Waals surface area contributed by atoms with Crippen LogP contribution in [0.15, 0.2) is 0 Å². The van der Waals surface area contributed by atoms with Crippen molar-refractivity contribution < 1.29 is 5.32 Å².